The summed E-state index contributed by atoms with van der Waals surface area (Å²) in [6.07, 6.45) is -22.7. The summed E-state index contributed by atoms with van der Waals surface area (Å²) in [6, 6.07) is 12.1. The third-order valence-electron chi connectivity index (χ3n) is 11.3. The minimum atomic E-state index is -1.97. The minimum Gasteiger partial charge on any atom is -0.486 e. The van der Waals surface area contributed by atoms with Crippen molar-refractivity contribution in [2.45, 2.75) is 125 Å². The summed E-state index contributed by atoms with van der Waals surface area (Å²) in [5, 5.41) is 109. The highest BCUT2D eigenvalue weighted by atomic mass is 16.8. The second kappa shape index (κ2) is 26.6. The summed E-state index contributed by atoms with van der Waals surface area (Å²) in [7, 11) is 0. The molecule has 0 radical (unpaired) electrons. The van der Waals surface area contributed by atoms with Crippen LogP contribution in [0.1, 0.15) is 43.0 Å². The molecule has 3 heterocycles. The number of rotatable bonds is 25. The number of Topliss-reactive ketones (excluding diaryl/α,β-unsaturated/α-hetero) is 1. The van der Waals surface area contributed by atoms with Crippen molar-refractivity contribution in [3.05, 3.63) is 54.1 Å². The zero-order chi connectivity index (χ0) is 49.5. The molecule has 380 valence electrons. The fraction of sp³-hybridized carbons (Fsp3) is 0.636. The van der Waals surface area contributed by atoms with E-state index in [1.54, 1.807) is 42.5 Å². The van der Waals surface area contributed by atoms with Crippen molar-refractivity contribution < 1.29 is 108 Å². The fourth-order valence-corrected chi connectivity index (χ4v) is 7.62. The van der Waals surface area contributed by atoms with Crippen LogP contribution in [0.5, 0.6) is 5.75 Å². The van der Waals surface area contributed by atoms with Gasteiger partial charge in [0.15, 0.2) is 24.7 Å². The lowest BCUT2D eigenvalue weighted by Crippen LogP contribution is -2.68. The molecule has 2 amide bonds. The first-order valence-corrected chi connectivity index (χ1v) is 22.1. The number of nitrogens with one attached hydrogen (secondary N) is 2. The average molecular weight is 971 g/mol. The summed E-state index contributed by atoms with van der Waals surface area (Å²) in [6.45, 7) is -0.987. The Morgan fingerprint density at radius 1 is 0.647 bits per heavy atom. The maximum atomic E-state index is 12.4. The molecule has 0 aliphatic carbocycles. The predicted octanol–water partition coefficient (Wildman–Crippen LogP) is -3.70. The largest absolute Gasteiger partial charge is 0.486 e. The van der Waals surface area contributed by atoms with Crippen LogP contribution in [0.25, 0.3) is 11.1 Å². The van der Waals surface area contributed by atoms with Gasteiger partial charge >= 0.3 is 5.97 Å². The van der Waals surface area contributed by atoms with Crippen LogP contribution in [0.3, 0.4) is 0 Å². The minimum absolute atomic E-state index is 0.0364. The van der Waals surface area contributed by atoms with Gasteiger partial charge in [-0.05, 0) is 48.2 Å². The number of carbonyl (C=O) groups excluding carboxylic acids is 3. The summed E-state index contributed by atoms with van der Waals surface area (Å²) in [5.74, 6) is -1.62. The summed E-state index contributed by atoms with van der Waals surface area (Å²) in [4.78, 5) is 48.2. The van der Waals surface area contributed by atoms with E-state index in [0.717, 1.165) is 18.1 Å². The van der Waals surface area contributed by atoms with Gasteiger partial charge in [-0.25, -0.2) is 4.79 Å². The number of aliphatic hydroxyl groups is 9. The summed E-state index contributed by atoms with van der Waals surface area (Å²) >= 11 is 0. The van der Waals surface area contributed by atoms with Gasteiger partial charge < -0.3 is 99.6 Å². The van der Waals surface area contributed by atoms with E-state index in [-0.39, 0.29) is 69.5 Å². The Hall–Kier alpha value is -4.32. The number of hydrogen-bond acceptors (Lipinski definition) is 21. The first-order valence-electron chi connectivity index (χ1n) is 22.1. The van der Waals surface area contributed by atoms with E-state index in [0.29, 0.717) is 12.2 Å². The molecule has 3 aliphatic rings. The smallest absolute Gasteiger partial charge is 0.335 e. The van der Waals surface area contributed by atoms with Crippen LogP contribution in [0.4, 0.5) is 0 Å². The van der Waals surface area contributed by atoms with Crippen molar-refractivity contribution in [1.29, 1.82) is 0 Å². The lowest BCUT2D eigenvalue weighted by molar-refractivity contribution is -0.376. The van der Waals surface area contributed by atoms with Gasteiger partial charge in [0.2, 0.25) is 11.8 Å². The monoisotopic (exact) mass is 970 g/mol. The van der Waals surface area contributed by atoms with Crippen molar-refractivity contribution in [1.82, 2.24) is 10.6 Å². The van der Waals surface area contributed by atoms with E-state index in [1.807, 2.05) is 0 Å². The molecule has 3 fully saturated rings. The van der Waals surface area contributed by atoms with Crippen LogP contribution in [-0.2, 0) is 47.5 Å². The number of amides is 2. The second-order valence-corrected chi connectivity index (χ2v) is 16.3. The van der Waals surface area contributed by atoms with Crippen molar-refractivity contribution in [2.75, 3.05) is 52.8 Å². The van der Waals surface area contributed by atoms with Gasteiger partial charge in [0, 0.05) is 32.9 Å². The highest BCUT2D eigenvalue weighted by molar-refractivity contribution is 5.89. The summed E-state index contributed by atoms with van der Waals surface area (Å²) < 4.78 is 45.1. The van der Waals surface area contributed by atoms with Crippen LogP contribution < -0.4 is 15.4 Å². The van der Waals surface area contributed by atoms with Crippen LogP contribution in [0.2, 0.25) is 0 Å². The van der Waals surface area contributed by atoms with Crippen LogP contribution in [0.15, 0.2) is 48.5 Å². The van der Waals surface area contributed by atoms with Gasteiger partial charge in [-0.15, -0.1) is 0 Å². The number of carboxylic acids is 1. The molecule has 3 saturated heterocycles. The normalized spacial score (nSPS) is 31.7. The standard InChI is InChI=1S/C44H62N2O22/c1-22(50)46-32-35(55)39(67-44-38(58)40(34(54)29(19-48)65-44)68-43-37(57)36(56)33(53)28(18-47)64-43)30(20-49)66-42(32)62-15-4-13-45-31(52)12-16-61-14-3-7-26(51)21-63-27-10-8-23(9-11-27)24-5-2-6-25(17-24)41(59)60/h2,5-6,8-11,17,28-30,32-40,42-44,47-49,53-58H,3-4,7,12-16,18-21H2,1H3,(H,45,52)(H,46,50)(H,59,60)/t28?,29?,30?,32?,33-,34-,35+,36?,37-,38?,39+,40-,42+,43+,44-/m0/s1. The third kappa shape index (κ3) is 14.8. The molecule has 0 bridgehead atoms. The number of carboxylic acid groups (broad SMARTS) is 1. The highest BCUT2D eigenvalue weighted by Gasteiger charge is 2.54. The molecule has 0 spiro atoms. The van der Waals surface area contributed by atoms with Crippen molar-refractivity contribution in [2.24, 2.45) is 0 Å². The maximum absolute atomic E-state index is 12.4. The first-order chi connectivity index (χ1) is 32.6. The molecule has 12 N–H and O–H groups in total. The van der Waals surface area contributed by atoms with Crippen molar-refractivity contribution in [3.8, 4) is 16.9 Å². The average Bonchev–Trinajstić information content (AvgIpc) is 3.33. The van der Waals surface area contributed by atoms with Crippen LogP contribution in [-0.4, -0.2) is 219 Å². The topological polar surface area (TPSA) is 368 Å². The zero-order valence-electron chi connectivity index (χ0n) is 37.1. The molecule has 2 aromatic carbocycles. The van der Waals surface area contributed by atoms with E-state index in [1.165, 1.54) is 6.07 Å². The Bertz CT molecular complexity index is 1910. The molecular weight excluding hydrogens is 908 g/mol. The second-order valence-electron chi connectivity index (χ2n) is 16.3. The van der Waals surface area contributed by atoms with Gasteiger partial charge in [0.25, 0.3) is 0 Å². The number of aliphatic hydroxyl groups excluding tert-OH is 9. The molecule has 5 rings (SSSR count). The first kappa shape index (κ1) is 54.6. The molecule has 0 aromatic heterocycles. The molecule has 3 aliphatic heterocycles. The molecule has 0 saturated carbocycles. The fourth-order valence-electron chi connectivity index (χ4n) is 7.62. The number of ketones is 1. The van der Waals surface area contributed by atoms with E-state index >= 15 is 0 Å². The molecule has 6 unspecified atom stereocenters. The van der Waals surface area contributed by atoms with E-state index in [4.69, 9.17) is 37.9 Å². The number of ether oxygens (including phenoxy) is 8. The summed E-state index contributed by atoms with van der Waals surface area (Å²) in [5.41, 5.74) is 1.70. The lowest BCUT2D eigenvalue weighted by atomic mass is 9.95. The van der Waals surface area contributed by atoms with E-state index in [9.17, 15) is 70.2 Å². The Balaban J connectivity index is 1.00. The highest BCUT2D eigenvalue weighted by Crippen LogP contribution is 2.33. The molecule has 68 heavy (non-hydrogen) atoms. The molecule has 24 heteroatoms. The number of aromatic carboxylic acids is 1. The molecular formula is C44H62N2O22. The quantitative estimate of drug-likeness (QED) is 0.0426. The molecule has 24 nitrogen and oxygen atoms in total. The number of carbonyl (C=O) groups is 4. The van der Waals surface area contributed by atoms with E-state index in [2.05, 4.69) is 10.6 Å². The maximum Gasteiger partial charge on any atom is 0.335 e. The number of hydrogen-bond donors (Lipinski definition) is 12. The van der Waals surface area contributed by atoms with Crippen molar-refractivity contribution in [3.63, 3.8) is 0 Å². The van der Waals surface area contributed by atoms with Crippen LogP contribution >= 0.6 is 0 Å². The molecule has 15 atom stereocenters. The lowest BCUT2D eigenvalue weighted by Gasteiger charge is -2.48. The van der Waals surface area contributed by atoms with Gasteiger partial charge in [-0.1, -0.05) is 24.3 Å². The van der Waals surface area contributed by atoms with Gasteiger partial charge in [0.1, 0.15) is 85.5 Å². The predicted molar refractivity (Wildman–Crippen MR) is 228 cm³/mol. The van der Waals surface area contributed by atoms with E-state index < -0.39 is 124 Å². The molecule has 2 aromatic rings. The zero-order valence-corrected chi connectivity index (χ0v) is 37.1. The van der Waals surface area contributed by atoms with Crippen LogP contribution in [0, 0.1) is 0 Å². The third-order valence-corrected chi connectivity index (χ3v) is 11.3. The van der Waals surface area contributed by atoms with Gasteiger partial charge in [0.05, 0.1) is 38.6 Å². The Kier molecular flexibility index (Phi) is 21.4. The SMILES string of the molecule is CC(=O)NC1[C@H](OCCCNC(=O)CCOCCCC(=O)COc2ccc(-c3cccc(C(=O)O)c3)cc2)OC(CO)[C@@H](O[C@@H]2OC(CO)[C@H](O)[C@H](O[C@H]3OC(CO)[C@H](O)C(O)[C@@H]3O)C2O)[C@@H]1O. The number of benzene rings is 2. The van der Waals surface area contributed by atoms with Crippen molar-refractivity contribution >= 4 is 23.6 Å². The Labute approximate surface area is 390 Å². The Morgan fingerprint density at radius 3 is 1.96 bits per heavy atom. The van der Waals surface area contributed by atoms with Gasteiger partial charge in [-0.2, -0.15) is 0 Å². The Morgan fingerprint density at radius 2 is 1.29 bits per heavy atom. The van der Waals surface area contributed by atoms with Gasteiger partial charge in [-0.3, -0.25) is 14.4 Å².